The molecule has 0 atom stereocenters. The van der Waals surface area contributed by atoms with Crippen molar-refractivity contribution in [2.75, 3.05) is 18.5 Å². The highest BCUT2D eigenvalue weighted by atomic mass is 35.5. The van der Waals surface area contributed by atoms with Gasteiger partial charge in [-0.15, -0.1) is 0 Å². The Kier molecular flexibility index (Phi) is 8.67. The minimum Gasteiger partial charge on any atom is -0.467 e. The van der Waals surface area contributed by atoms with E-state index in [1.54, 1.807) is 0 Å². The van der Waals surface area contributed by atoms with Crippen LogP contribution < -0.4 is 15.4 Å². The van der Waals surface area contributed by atoms with Gasteiger partial charge in [0, 0.05) is 19.4 Å². The van der Waals surface area contributed by atoms with E-state index in [0.29, 0.717) is 6.07 Å². The van der Waals surface area contributed by atoms with Gasteiger partial charge in [0.1, 0.15) is 11.1 Å². The van der Waals surface area contributed by atoms with Crippen LogP contribution in [0.5, 0.6) is 5.88 Å². The molecular weight excluding hydrogens is 655 g/mol. The van der Waals surface area contributed by atoms with Gasteiger partial charge < -0.3 is 15.4 Å². The van der Waals surface area contributed by atoms with Crippen molar-refractivity contribution in [2.24, 2.45) is 7.05 Å². The number of nitrogens with one attached hydrogen (secondary N) is 2. The summed E-state index contributed by atoms with van der Waals surface area (Å²) in [5, 5.41) is 3.59. The van der Waals surface area contributed by atoms with E-state index in [4.69, 9.17) is 23.2 Å². The van der Waals surface area contributed by atoms with Crippen molar-refractivity contribution >= 4 is 51.9 Å². The normalized spacial score (nSPS) is 13.4. The lowest BCUT2D eigenvalue weighted by Gasteiger charge is -2.33. The van der Waals surface area contributed by atoms with Crippen molar-refractivity contribution in [1.29, 1.82) is 0 Å². The predicted molar refractivity (Wildman–Crippen MR) is 121 cm³/mol. The molecule has 0 radical (unpaired) electrons. The second-order valence-electron chi connectivity index (χ2n) is 8.22. The fourth-order valence-corrected chi connectivity index (χ4v) is 3.54. The molecule has 0 bridgehead atoms. The highest BCUT2D eigenvalue weighted by Crippen LogP contribution is 2.52. The van der Waals surface area contributed by atoms with Gasteiger partial charge in [-0.05, 0) is 6.07 Å². The first-order chi connectivity index (χ1) is 19.0. The number of imidazole rings is 1. The summed E-state index contributed by atoms with van der Waals surface area (Å²) in [4.78, 5) is 23.9. The summed E-state index contributed by atoms with van der Waals surface area (Å²) >= 11 is 12.0. The zero-order chi connectivity index (χ0) is 32.1. The molecule has 3 heterocycles. The first kappa shape index (κ1) is 33.1. The van der Waals surface area contributed by atoms with Gasteiger partial charge in [-0.3, -0.25) is 14.3 Å². The van der Waals surface area contributed by atoms with Crippen LogP contribution in [0, 0.1) is 0 Å². The number of hydrogen-bond acceptors (Lipinski definition) is 6. The Morgan fingerprint density at radius 1 is 0.929 bits per heavy atom. The van der Waals surface area contributed by atoms with Crippen molar-refractivity contribution in [3.05, 3.63) is 34.1 Å². The summed E-state index contributed by atoms with van der Waals surface area (Å²) < 4.78 is 162. The average Bonchev–Trinajstić information content (AvgIpc) is 3.15. The molecule has 232 valence electrons. The highest BCUT2D eigenvalue weighted by molar-refractivity contribution is 6.39. The van der Waals surface area contributed by atoms with Crippen molar-refractivity contribution in [3.63, 3.8) is 0 Å². The van der Waals surface area contributed by atoms with E-state index in [1.165, 1.54) is 19.4 Å². The topological polar surface area (TPSA) is 94.0 Å². The summed E-state index contributed by atoms with van der Waals surface area (Å²) in [6, 6.07) is 0.602. The first-order valence-corrected chi connectivity index (χ1v) is 11.4. The number of amides is 1. The van der Waals surface area contributed by atoms with Gasteiger partial charge in [0.05, 0.1) is 22.3 Å². The Hall–Kier alpha value is -3.42. The number of carbonyl (C=O) groups excluding carboxylic acids is 1. The molecule has 0 aliphatic carbocycles. The van der Waals surface area contributed by atoms with E-state index >= 15 is 0 Å². The minimum atomic E-state index is -7.23. The third kappa shape index (κ3) is 6.32. The summed E-state index contributed by atoms with van der Waals surface area (Å²) in [6.45, 7) is -4.92. The second kappa shape index (κ2) is 11.0. The molecule has 0 saturated carbocycles. The maximum absolute atomic E-state index is 13.9. The number of hydrogen-bond donors (Lipinski definition) is 2. The molecule has 2 N–H and O–H groups in total. The Labute approximate surface area is 235 Å². The van der Waals surface area contributed by atoms with E-state index in [2.05, 4.69) is 25.0 Å². The van der Waals surface area contributed by atoms with E-state index < -0.39 is 60.6 Å². The lowest BCUT2D eigenvalue weighted by Crippen LogP contribution is -2.63. The van der Waals surface area contributed by atoms with Crippen LogP contribution in [-0.2, 0) is 7.05 Å². The highest BCUT2D eigenvalue weighted by Gasteiger charge is 2.81. The smallest absolute Gasteiger partial charge is 0.460 e. The molecule has 3 rings (SSSR count). The molecule has 3 aromatic rings. The maximum atomic E-state index is 13.9. The van der Waals surface area contributed by atoms with Crippen LogP contribution in [0.3, 0.4) is 0 Å². The Morgan fingerprint density at radius 3 is 2.02 bits per heavy atom. The molecular formula is C20H12Cl2F12N6O2. The van der Waals surface area contributed by atoms with Gasteiger partial charge in [0.2, 0.25) is 11.8 Å². The molecule has 0 aliphatic heterocycles. The molecule has 0 saturated heterocycles. The number of ether oxygens (including phenoxy) is 1. The van der Waals surface area contributed by atoms with Gasteiger partial charge in [-0.25, -0.2) is 4.98 Å². The number of rotatable bonds is 9. The standard InChI is InChI=1S/C20H12Cl2F12N6O2/c1-40-12-10(37-15(40)38-11-8(21)3-35-4-9(11)22)2-7(14(39-12)42-6-17(25,26)27)13(41)36-5-16(23,24)18(28,29)19(30,31)20(32,33)34/h2-4H,5-6H2,1H3,(H,36,41)(H,35,37,38). The number of pyridine rings is 2. The number of aromatic nitrogens is 4. The molecule has 0 aromatic carbocycles. The quantitative estimate of drug-likeness (QED) is 0.252. The zero-order valence-electron chi connectivity index (χ0n) is 20.0. The SMILES string of the molecule is Cn1c(Nc2c(Cl)cncc2Cl)nc2cc(C(=O)NCC(F)(F)C(F)(F)C(F)(F)C(F)(F)F)c(OCC(F)(F)F)nc21. The molecule has 0 spiro atoms. The first-order valence-electron chi connectivity index (χ1n) is 10.6. The van der Waals surface area contributed by atoms with E-state index in [9.17, 15) is 57.5 Å². The van der Waals surface area contributed by atoms with Crippen LogP contribution in [0.2, 0.25) is 10.0 Å². The van der Waals surface area contributed by atoms with Crippen LogP contribution in [0.25, 0.3) is 11.2 Å². The Bertz CT molecular complexity index is 1470. The zero-order valence-corrected chi connectivity index (χ0v) is 21.6. The molecule has 1 amide bonds. The van der Waals surface area contributed by atoms with E-state index in [1.807, 2.05) is 0 Å². The summed E-state index contributed by atoms with van der Waals surface area (Å²) in [5.74, 6) is -23.9. The number of halogens is 14. The van der Waals surface area contributed by atoms with Crippen molar-refractivity contribution in [2.45, 2.75) is 30.1 Å². The molecule has 0 unspecified atom stereocenters. The van der Waals surface area contributed by atoms with Crippen LogP contribution in [0.1, 0.15) is 10.4 Å². The molecule has 0 aliphatic rings. The lowest BCUT2D eigenvalue weighted by atomic mass is 10.0. The molecule has 3 aromatic heterocycles. The van der Waals surface area contributed by atoms with Gasteiger partial charge in [-0.1, -0.05) is 23.2 Å². The number of alkyl halides is 12. The molecule has 22 heteroatoms. The number of fused-ring (bicyclic) bond motifs is 1. The van der Waals surface area contributed by atoms with Crippen molar-refractivity contribution in [1.82, 2.24) is 24.8 Å². The number of carbonyl (C=O) groups is 1. The van der Waals surface area contributed by atoms with Crippen LogP contribution >= 0.6 is 23.2 Å². The number of aryl methyl sites for hydroxylation is 1. The fraction of sp³-hybridized carbons (Fsp3) is 0.400. The van der Waals surface area contributed by atoms with Crippen molar-refractivity contribution in [3.8, 4) is 5.88 Å². The molecule has 8 nitrogen and oxygen atoms in total. The van der Waals surface area contributed by atoms with Gasteiger partial charge in [0.25, 0.3) is 5.91 Å². The van der Waals surface area contributed by atoms with Crippen molar-refractivity contribution < 1.29 is 62.2 Å². The largest absolute Gasteiger partial charge is 0.467 e. The number of nitrogens with zero attached hydrogens (tertiary/aromatic N) is 4. The number of anilines is 2. The van der Waals surface area contributed by atoms with E-state index in [-0.39, 0.29) is 32.8 Å². The van der Waals surface area contributed by atoms with Gasteiger partial charge in [0.15, 0.2) is 12.3 Å². The van der Waals surface area contributed by atoms with Crippen LogP contribution in [0.15, 0.2) is 18.5 Å². The fourth-order valence-electron chi connectivity index (χ4n) is 3.08. The van der Waals surface area contributed by atoms with E-state index in [0.717, 1.165) is 9.88 Å². The average molecular weight is 667 g/mol. The minimum absolute atomic E-state index is 0.0226. The molecule has 42 heavy (non-hydrogen) atoms. The van der Waals surface area contributed by atoms with Gasteiger partial charge in [-0.2, -0.15) is 57.7 Å². The third-order valence-corrected chi connectivity index (χ3v) is 5.77. The third-order valence-electron chi connectivity index (χ3n) is 5.20. The Morgan fingerprint density at radius 2 is 1.50 bits per heavy atom. The van der Waals surface area contributed by atoms with Gasteiger partial charge >= 0.3 is 30.1 Å². The monoisotopic (exact) mass is 666 g/mol. The lowest BCUT2D eigenvalue weighted by molar-refractivity contribution is -0.394. The predicted octanol–water partition coefficient (Wildman–Crippen LogP) is 6.55. The van der Waals surface area contributed by atoms with Crippen LogP contribution in [0.4, 0.5) is 64.3 Å². The molecule has 0 fully saturated rings. The second-order valence-corrected chi connectivity index (χ2v) is 9.03. The summed E-state index contributed by atoms with van der Waals surface area (Å²) in [5.41, 5.74) is -1.78. The Balaban J connectivity index is 2.00. The summed E-state index contributed by atoms with van der Waals surface area (Å²) in [6.07, 6.45) is -9.80. The summed E-state index contributed by atoms with van der Waals surface area (Å²) in [7, 11) is 1.25. The van der Waals surface area contributed by atoms with Crippen LogP contribution in [-0.4, -0.2) is 68.7 Å². The maximum Gasteiger partial charge on any atom is 0.460 e.